The highest BCUT2D eigenvalue weighted by Gasteiger charge is 2.41. The Balaban J connectivity index is 1.63. The van der Waals surface area contributed by atoms with Gasteiger partial charge in [-0.2, -0.15) is 12.6 Å². The summed E-state index contributed by atoms with van der Waals surface area (Å²) >= 11 is 5.64. The van der Waals surface area contributed by atoms with E-state index in [9.17, 15) is 14.4 Å². The predicted molar refractivity (Wildman–Crippen MR) is 138 cm³/mol. The van der Waals surface area contributed by atoms with Crippen molar-refractivity contribution in [2.45, 2.75) is 50.3 Å². The zero-order valence-corrected chi connectivity index (χ0v) is 21.0. The Hall–Kier alpha value is -2.86. The van der Waals surface area contributed by atoms with Gasteiger partial charge in [-0.05, 0) is 25.2 Å². The fourth-order valence-corrected chi connectivity index (χ4v) is 5.05. The number of amides is 2. The standard InChI is InChI=1S/C23H28N6O4S2/c1-23-12-35-20(29-23)17-6-5-14(27-17)11-25-19(30)9-16(4-2-3-7-34)33-21(31)18(28-22(23)32)8-15-10-24-13-26-15/h2,4,6,10,13,16,18,34H,3,5,7-9,11-12H2,1H3,(H,24,26)(H,25,30)(H,28,32)/b4-2+/t16-,18+,23+/m1/s1. The number of thioether (sulfide) groups is 1. The van der Waals surface area contributed by atoms with Crippen molar-refractivity contribution < 1.29 is 19.1 Å². The number of hydrogen-bond acceptors (Lipinski definition) is 9. The lowest BCUT2D eigenvalue weighted by atomic mass is 10.0. The minimum Gasteiger partial charge on any atom is -0.456 e. The van der Waals surface area contributed by atoms with Crippen molar-refractivity contribution in [1.82, 2.24) is 20.6 Å². The largest absolute Gasteiger partial charge is 0.456 e. The van der Waals surface area contributed by atoms with Gasteiger partial charge in [-0.15, -0.1) is 11.8 Å². The molecular weight excluding hydrogens is 488 g/mol. The third-order valence-electron chi connectivity index (χ3n) is 5.70. The second kappa shape index (κ2) is 11.3. The zero-order chi connectivity index (χ0) is 24.8. The van der Waals surface area contributed by atoms with Crippen molar-refractivity contribution in [1.29, 1.82) is 0 Å². The molecule has 2 amide bonds. The lowest BCUT2D eigenvalue weighted by molar-refractivity contribution is -0.152. The van der Waals surface area contributed by atoms with Crippen LogP contribution < -0.4 is 10.6 Å². The van der Waals surface area contributed by atoms with Crippen LogP contribution in [0.1, 0.15) is 31.9 Å². The SMILES string of the molecule is C[C@@]12CSC(=N1)C1=CCC(=N1)CNC(=O)C[C@@H](/C=C/CCS)OC(=O)[C@H](Cc1c[nH]cn1)NC2=O. The summed E-state index contributed by atoms with van der Waals surface area (Å²) < 4.78 is 5.71. The van der Waals surface area contributed by atoms with Gasteiger partial charge < -0.3 is 20.4 Å². The molecule has 0 aliphatic carbocycles. The van der Waals surface area contributed by atoms with E-state index >= 15 is 0 Å². The van der Waals surface area contributed by atoms with Crippen molar-refractivity contribution in [2.75, 3.05) is 18.1 Å². The number of esters is 1. The number of allylic oxidation sites excluding steroid dienone is 2. The molecule has 4 rings (SSSR count). The highest BCUT2D eigenvalue weighted by atomic mass is 32.2. The number of aromatic nitrogens is 2. The van der Waals surface area contributed by atoms with Gasteiger partial charge in [-0.3, -0.25) is 19.6 Å². The molecule has 0 spiro atoms. The lowest BCUT2D eigenvalue weighted by Gasteiger charge is -2.25. The van der Waals surface area contributed by atoms with E-state index in [1.165, 1.54) is 18.1 Å². The molecular formula is C23H28N6O4S2. The number of fused-ring (bicyclic) bond motifs is 3. The van der Waals surface area contributed by atoms with Crippen LogP contribution >= 0.6 is 24.4 Å². The molecule has 0 saturated heterocycles. The molecule has 10 nitrogen and oxygen atoms in total. The first-order valence-corrected chi connectivity index (χ1v) is 13.0. The maximum atomic E-state index is 13.3. The minimum atomic E-state index is -1.06. The Morgan fingerprint density at radius 3 is 2.97 bits per heavy atom. The molecule has 3 atom stereocenters. The monoisotopic (exact) mass is 516 g/mol. The van der Waals surface area contributed by atoms with E-state index in [1.54, 1.807) is 19.2 Å². The summed E-state index contributed by atoms with van der Waals surface area (Å²) in [6.07, 6.45) is 9.16. The van der Waals surface area contributed by atoms with Gasteiger partial charge in [0.2, 0.25) is 11.8 Å². The minimum absolute atomic E-state index is 0.0499. The number of H-pyrrole nitrogens is 1. The number of ether oxygens (including phenoxy) is 1. The van der Waals surface area contributed by atoms with Gasteiger partial charge in [-0.1, -0.05) is 12.2 Å². The molecule has 186 valence electrons. The molecule has 4 heterocycles. The van der Waals surface area contributed by atoms with Crippen molar-refractivity contribution in [3.63, 3.8) is 0 Å². The Morgan fingerprint density at radius 1 is 1.34 bits per heavy atom. The van der Waals surface area contributed by atoms with Crippen LogP contribution in [0.25, 0.3) is 0 Å². The van der Waals surface area contributed by atoms with Crippen molar-refractivity contribution in [3.8, 4) is 0 Å². The summed E-state index contributed by atoms with van der Waals surface area (Å²) in [7, 11) is 0. The molecule has 4 bridgehead atoms. The summed E-state index contributed by atoms with van der Waals surface area (Å²) in [5.41, 5.74) is 1.05. The Labute approximate surface area is 213 Å². The average Bonchev–Trinajstić information content (AvgIpc) is 3.58. The zero-order valence-electron chi connectivity index (χ0n) is 19.3. The van der Waals surface area contributed by atoms with Gasteiger partial charge in [0.1, 0.15) is 22.7 Å². The van der Waals surface area contributed by atoms with Gasteiger partial charge in [0, 0.05) is 30.5 Å². The van der Waals surface area contributed by atoms with E-state index in [-0.39, 0.29) is 31.2 Å². The highest BCUT2D eigenvalue weighted by Crippen LogP contribution is 2.33. The molecule has 3 N–H and O–H groups in total. The van der Waals surface area contributed by atoms with Gasteiger partial charge in [-0.25, -0.2) is 9.78 Å². The fraction of sp³-hybridized carbons (Fsp3) is 0.478. The van der Waals surface area contributed by atoms with E-state index in [2.05, 4.69) is 43.2 Å². The number of aliphatic imine (C=N–C) groups is 2. The number of carbonyl (C=O) groups excluding carboxylic acids is 3. The summed E-state index contributed by atoms with van der Waals surface area (Å²) in [6, 6.07) is -1.00. The molecule has 0 fully saturated rings. The predicted octanol–water partition coefficient (Wildman–Crippen LogP) is 1.38. The Morgan fingerprint density at radius 2 is 2.20 bits per heavy atom. The summed E-state index contributed by atoms with van der Waals surface area (Å²) in [5, 5.41) is 6.35. The number of imidazole rings is 1. The number of hydrogen-bond donors (Lipinski definition) is 4. The number of thiol groups is 1. The quantitative estimate of drug-likeness (QED) is 0.265. The van der Waals surface area contributed by atoms with Gasteiger partial charge >= 0.3 is 5.97 Å². The molecule has 3 aliphatic heterocycles. The number of nitrogens with zero attached hydrogens (tertiary/aromatic N) is 3. The smallest absolute Gasteiger partial charge is 0.329 e. The Kier molecular flexibility index (Phi) is 8.11. The second-order valence-corrected chi connectivity index (χ2v) is 10.0. The second-order valence-electron chi connectivity index (χ2n) is 8.64. The van der Waals surface area contributed by atoms with Crippen LogP contribution in [0.3, 0.4) is 0 Å². The first-order chi connectivity index (χ1) is 16.9. The maximum absolute atomic E-state index is 13.3. The lowest BCUT2D eigenvalue weighted by Crippen LogP contribution is -2.52. The summed E-state index contributed by atoms with van der Waals surface area (Å²) in [5.74, 6) is -0.253. The normalized spacial score (nSPS) is 27.7. The van der Waals surface area contributed by atoms with Crippen LogP contribution in [0.5, 0.6) is 0 Å². The molecule has 0 aromatic carbocycles. The number of carbonyl (C=O) groups is 3. The number of cyclic esters (lactones) is 1. The van der Waals surface area contributed by atoms with E-state index in [1.807, 2.05) is 12.2 Å². The maximum Gasteiger partial charge on any atom is 0.329 e. The molecule has 3 aliphatic rings. The average molecular weight is 517 g/mol. The van der Waals surface area contributed by atoms with Crippen molar-refractivity contribution >= 4 is 52.9 Å². The first-order valence-electron chi connectivity index (χ1n) is 11.4. The van der Waals surface area contributed by atoms with Crippen LogP contribution in [-0.4, -0.2) is 74.2 Å². The van der Waals surface area contributed by atoms with E-state index in [0.29, 0.717) is 40.8 Å². The van der Waals surface area contributed by atoms with Crippen LogP contribution in [0.2, 0.25) is 0 Å². The fourth-order valence-electron chi connectivity index (χ4n) is 3.75. The van der Waals surface area contributed by atoms with Crippen LogP contribution in [0.4, 0.5) is 0 Å². The third-order valence-corrected chi connectivity index (χ3v) is 7.24. The molecule has 0 unspecified atom stereocenters. The molecule has 1 aromatic heterocycles. The third kappa shape index (κ3) is 6.43. The van der Waals surface area contributed by atoms with E-state index in [4.69, 9.17) is 4.74 Å². The molecule has 0 radical (unpaired) electrons. The number of rotatable bonds is 5. The summed E-state index contributed by atoms with van der Waals surface area (Å²) in [4.78, 5) is 55.5. The number of aromatic amines is 1. The first kappa shape index (κ1) is 25.2. The molecule has 0 saturated carbocycles. The van der Waals surface area contributed by atoms with Gasteiger partial charge in [0.25, 0.3) is 0 Å². The van der Waals surface area contributed by atoms with Gasteiger partial charge in [0.05, 0.1) is 30.7 Å². The van der Waals surface area contributed by atoms with Gasteiger partial charge in [0.15, 0.2) is 0 Å². The Bertz CT molecular complexity index is 1100. The van der Waals surface area contributed by atoms with Crippen molar-refractivity contribution in [2.24, 2.45) is 9.98 Å². The number of nitrogens with one attached hydrogen (secondary N) is 3. The van der Waals surface area contributed by atoms with Crippen LogP contribution in [-0.2, 0) is 25.5 Å². The molecule has 12 heteroatoms. The highest BCUT2D eigenvalue weighted by molar-refractivity contribution is 8.14. The topological polar surface area (TPSA) is 138 Å². The molecule has 35 heavy (non-hydrogen) atoms. The van der Waals surface area contributed by atoms with Crippen LogP contribution in [0, 0.1) is 0 Å². The summed E-state index contributed by atoms with van der Waals surface area (Å²) in [6.45, 7) is 2.03. The van der Waals surface area contributed by atoms with E-state index < -0.39 is 23.7 Å². The van der Waals surface area contributed by atoms with Crippen molar-refractivity contribution in [3.05, 3.63) is 42.1 Å². The van der Waals surface area contributed by atoms with Crippen LogP contribution in [0.15, 0.2) is 46.4 Å². The molecule has 1 aromatic rings. The van der Waals surface area contributed by atoms with E-state index in [0.717, 1.165) is 5.71 Å².